The predicted molar refractivity (Wildman–Crippen MR) is 118 cm³/mol. The van der Waals surface area contributed by atoms with E-state index < -0.39 is 6.10 Å². The Labute approximate surface area is 180 Å². The number of nitrogens with zero attached hydrogens (tertiary/aromatic N) is 2. The van der Waals surface area contributed by atoms with E-state index in [0.29, 0.717) is 5.02 Å². The number of thioether (sulfide) groups is 1. The second kappa shape index (κ2) is 8.27. The molecule has 0 unspecified atom stereocenters. The molecular weight excluding hydrogens is 404 g/mol. The summed E-state index contributed by atoms with van der Waals surface area (Å²) in [5, 5.41) is 0.592. The minimum Gasteiger partial charge on any atom is -0.455 e. The molecule has 1 aromatic heterocycles. The highest BCUT2D eigenvalue weighted by Gasteiger charge is 2.36. The predicted octanol–water partition coefficient (Wildman–Crippen LogP) is 5.64. The van der Waals surface area contributed by atoms with Crippen molar-refractivity contribution in [1.82, 2.24) is 9.47 Å². The van der Waals surface area contributed by atoms with Gasteiger partial charge in [0.1, 0.15) is 0 Å². The van der Waals surface area contributed by atoms with Crippen LogP contribution in [0.15, 0.2) is 65.6 Å². The zero-order chi connectivity index (χ0) is 20.5. The van der Waals surface area contributed by atoms with Gasteiger partial charge < -0.3 is 14.2 Å². The Morgan fingerprint density at radius 2 is 1.86 bits per heavy atom. The molecule has 0 N–H and O–H groups in total. The number of fused-ring (bicyclic) bond motifs is 3. The van der Waals surface area contributed by atoms with E-state index in [1.54, 1.807) is 11.8 Å². The zero-order valence-corrected chi connectivity index (χ0v) is 18.2. The number of hydrogen-bond donors (Lipinski definition) is 0. The molecule has 1 aliphatic rings. The quantitative estimate of drug-likeness (QED) is 0.505. The van der Waals surface area contributed by atoms with Crippen LogP contribution >= 0.6 is 23.4 Å². The minimum absolute atomic E-state index is 0.109. The van der Waals surface area contributed by atoms with E-state index in [-0.39, 0.29) is 11.2 Å². The van der Waals surface area contributed by atoms with E-state index in [1.807, 2.05) is 44.4 Å². The maximum atomic E-state index is 12.1. The molecule has 0 saturated heterocycles. The molecule has 0 bridgehead atoms. The van der Waals surface area contributed by atoms with Crippen LogP contribution in [0.1, 0.15) is 35.2 Å². The van der Waals surface area contributed by atoms with Crippen LogP contribution in [-0.4, -0.2) is 29.5 Å². The summed E-state index contributed by atoms with van der Waals surface area (Å²) in [5.74, 6) is -0.296. The molecule has 4 nitrogen and oxygen atoms in total. The first-order chi connectivity index (χ1) is 14.0. The van der Waals surface area contributed by atoms with E-state index in [0.717, 1.165) is 34.1 Å². The number of rotatable bonds is 4. The summed E-state index contributed by atoms with van der Waals surface area (Å²) in [6.07, 6.45) is -0.431. The molecule has 0 fully saturated rings. The highest BCUT2D eigenvalue weighted by molar-refractivity contribution is 7.99. The molecule has 150 valence electrons. The average Bonchev–Trinajstić information content (AvgIpc) is 3.02. The first kappa shape index (κ1) is 20.1. The van der Waals surface area contributed by atoms with Gasteiger partial charge in [-0.1, -0.05) is 48.0 Å². The molecule has 3 aromatic rings. The number of aromatic nitrogens is 1. The second-order valence-electron chi connectivity index (χ2n) is 7.39. The third-order valence-electron chi connectivity index (χ3n) is 4.89. The first-order valence-electron chi connectivity index (χ1n) is 9.48. The van der Waals surface area contributed by atoms with Gasteiger partial charge in [0, 0.05) is 19.2 Å². The summed E-state index contributed by atoms with van der Waals surface area (Å²) < 4.78 is 8.12. The Hall–Kier alpha value is -2.21. The van der Waals surface area contributed by atoms with Crippen LogP contribution in [0, 0.1) is 0 Å². The molecule has 1 aliphatic heterocycles. The lowest BCUT2D eigenvalue weighted by Gasteiger charge is -2.25. The lowest BCUT2D eigenvalue weighted by atomic mass is 10.0. The summed E-state index contributed by atoms with van der Waals surface area (Å²) in [5.41, 5.74) is 4.20. The highest BCUT2D eigenvalue weighted by atomic mass is 35.5. The Morgan fingerprint density at radius 1 is 1.10 bits per heavy atom. The van der Waals surface area contributed by atoms with Crippen LogP contribution < -0.4 is 0 Å². The number of ether oxygens (including phenoxy) is 1. The van der Waals surface area contributed by atoms with E-state index in [9.17, 15) is 4.79 Å². The molecular formula is C23H23ClN2O2S. The second-order valence-corrected chi connectivity index (χ2v) is 8.95. The topological polar surface area (TPSA) is 34.5 Å². The maximum absolute atomic E-state index is 12.1. The zero-order valence-electron chi connectivity index (χ0n) is 16.6. The van der Waals surface area contributed by atoms with Gasteiger partial charge in [-0.25, -0.2) is 0 Å². The number of halogens is 1. The van der Waals surface area contributed by atoms with Crippen LogP contribution in [-0.2, 0) is 16.1 Å². The number of carbonyl (C=O) groups is 1. The molecule has 2 heterocycles. The Kier molecular flexibility index (Phi) is 5.72. The fourth-order valence-corrected chi connectivity index (χ4v) is 5.41. The SMILES string of the molecule is CC(=O)O[C@@H]1c2ccc(CN(C)C)n2-c2cccc(Cl)c2S[C@@H]1c1ccccc1. The molecule has 2 aromatic carbocycles. The van der Waals surface area contributed by atoms with Crippen molar-refractivity contribution in [2.45, 2.75) is 29.7 Å². The van der Waals surface area contributed by atoms with Crippen molar-refractivity contribution < 1.29 is 9.53 Å². The highest BCUT2D eigenvalue weighted by Crippen LogP contribution is 2.52. The fourth-order valence-electron chi connectivity index (χ4n) is 3.78. The van der Waals surface area contributed by atoms with Gasteiger partial charge in [0.2, 0.25) is 0 Å². The molecule has 0 amide bonds. The molecule has 0 aliphatic carbocycles. The van der Waals surface area contributed by atoms with Crippen LogP contribution in [0.4, 0.5) is 0 Å². The van der Waals surface area contributed by atoms with Gasteiger partial charge in [0.25, 0.3) is 0 Å². The van der Waals surface area contributed by atoms with E-state index >= 15 is 0 Å². The molecule has 2 atom stereocenters. The van der Waals surface area contributed by atoms with Crippen molar-refractivity contribution in [3.05, 3.63) is 82.6 Å². The number of esters is 1. The average molecular weight is 427 g/mol. The van der Waals surface area contributed by atoms with Crippen molar-refractivity contribution >= 4 is 29.3 Å². The third-order valence-corrected chi connectivity index (χ3v) is 6.75. The molecule has 4 rings (SSSR count). The largest absolute Gasteiger partial charge is 0.455 e. The molecule has 0 saturated carbocycles. The third kappa shape index (κ3) is 3.95. The van der Waals surface area contributed by atoms with Crippen molar-refractivity contribution in [3.8, 4) is 5.69 Å². The smallest absolute Gasteiger partial charge is 0.303 e. The van der Waals surface area contributed by atoms with Crippen LogP contribution in [0.2, 0.25) is 5.02 Å². The van der Waals surface area contributed by atoms with Gasteiger partial charge in [-0.2, -0.15) is 0 Å². The Balaban J connectivity index is 1.97. The van der Waals surface area contributed by atoms with Crippen molar-refractivity contribution in [2.24, 2.45) is 0 Å². The summed E-state index contributed by atoms with van der Waals surface area (Å²) in [4.78, 5) is 15.2. The summed E-state index contributed by atoms with van der Waals surface area (Å²) in [6, 6.07) is 20.3. The standard InChI is InChI=1S/C23H23ClN2O2S/c1-15(27)28-21-19-13-12-17(14-25(2)3)26(19)20-11-7-10-18(24)23(20)29-22(21)16-8-5-4-6-9-16/h4-13,21-22H,14H2,1-3H3/t21-,22-/m1/s1. The number of hydrogen-bond acceptors (Lipinski definition) is 4. The fraction of sp³-hybridized carbons (Fsp3) is 0.261. The van der Waals surface area contributed by atoms with Gasteiger partial charge in [-0.3, -0.25) is 4.79 Å². The Morgan fingerprint density at radius 3 is 2.55 bits per heavy atom. The van der Waals surface area contributed by atoms with Gasteiger partial charge in [-0.15, -0.1) is 11.8 Å². The van der Waals surface area contributed by atoms with Crippen LogP contribution in [0.25, 0.3) is 5.69 Å². The lowest BCUT2D eigenvalue weighted by Crippen LogP contribution is -2.19. The normalized spacial score (nSPS) is 18.1. The molecule has 29 heavy (non-hydrogen) atoms. The molecule has 0 spiro atoms. The molecule has 0 radical (unpaired) electrons. The van der Waals surface area contributed by atoms with Gasteiger partial charge in [0.15, 0.2) is 6.10 Å². The summed E-state index contributed by atoms with van der Waals surface area (Å²) in [7, 11) is 4.08. The van der Waals surface area contributed by atoms with Crippen molar-refractivity contribution in [3.63, 3.8) is 0 Å². The van der Waals surface area contributed by atoms with Crippen molar-refractivity contribution in [2.75, 3.05) is 14.1 Å². The summed E-state index contributed by atoms with van der Waals surface area (Å²) >= 11 is 8.31. The summed E-state index contributed by atoms with van der Waals surface area (Å²) in [6.45, 7) is 2.23. The van der Waals surface area contributed by atoms with E-state index in [4.69, 9.17) is 16.3 Å². The Bertz CT molecular complexity index is 1030. The van der Waals surface area contributed by atoms with Crippen LogP contribution in [0.5, 0.6) is 0 Å². The lowest BCUT2D eigenvalue weighted by molar-refractivity contribution is -0.147. The number of benzene rings is 2. The van der Waals surface area contributed by atoms with Gasteiger partial charge in [0.05, 0.1) is 26.5 Å². The maximum Gasteiger partial charge on any atom is 0.303 e. The van der Waals surface area contributed by atoms with Crippen LogP contribution in [0.3, 0.4) is 0 Å². The molecule has 6 heteroatoms. The first-order valence-corrected chi connectivity index (χ1v) is 10.7. The van der Waals surface area contributed by atoms with Gasteiger partial charge in [-0.05, 0) is 43.9 Å². The van der Waals surface area contributed by atoms with E-state index in [1.165, 1.54) is 6.92 Å². The van der Waals surface area contributed by atoms with Crippen molar-refractivity contribution in [1.29, 1.82) is 0 Å². The number of carbonyl (C=O) groups excluding carboxylic acids is 1. The minimum atomic E-state index is -0.431. The monoisotopic (exact) mass is 426 g/mol. The van der Waals surface area contributed by atoms with Gasteiger partial charge >= 0.3 is 5.97 Å². The van der Waals surface area contributed by atoms with E-state index in [2.05, 4.69) is 39.8 Å².